The number of non-ortho nitro benzene ring substituents is 1. The Balaban J connectivity index is 1.62. The molecule has 0 aliphatic carbocycles. The van der Waals surface area contributed by atoms with Crippen molar-refractivity contribution in [2.24, 2.45) is 0 Å². The molecule has 0 heterocycles. The van der Waals surface area contributed by atoms with Crippen molar-refractivity contribution in [3.8, 4) is 5.75 Å². The van der Waals surface area contributed by atoms with Crippen LogP contribution in [0.25, 0.3) is 0 Å². The number of aryl methyl sites for hydroxylation is 1. The molecule has 10 heteroatoms. The third-order valence-corrected chi connectivity index (χ3v) is 5.94. The number of ether oxygens (including phenoxy) is 1. The number of nitro groups is 1. The minimum atomic E-state index is -0.556. The number of nitro benzene ring substituents is 1. The van der Waals surface area contributed by atoms with Crippen LogP contribution in [0.1, 0.15) is 15.9 Å². The highest BCUT2D eigenvalue weighted by molar-refractivity contribution is 8.00. The van der Waals surface area contributed by atoms with Gasteiger partial charge in [-0.05, 0) is 42.8 Å². The molecule has 0 unspecified atom stereocenters. The van der Waals surface area contributed by atoms with E-state index in [1.54, 1.807) is 30.3 Å². The number of carbonyl (C=O) groups is 2. The molecule has 2 amide bonds. The molecular formula is C23H20ClN3O5S. The van der Waals surface area contributed by atoms with E-state index in [0.717, 1.165) is 10.5 Å². The second-order valence-corrected chi connectivity index (χ2v) is 8.38. The van der Waals surface area contributed by atoms with Crippen molar-refractivity contribution in [3.63, 3.8) is 0 Å². The largest absolute Gasteiger partial charge is 0.495 e. The SMILES string of the molecule is COc1cc(Cl)c(C)cc1NC(=O)CSc1cccc(NC(=O)c2cccc([N+](=O)[O-])c2)c1. The second kappa shape index (κ2) is 10.8. The van der Waals surface area contributed by atoms with Gasteiger partial charge in [0.05, 0.1) is 23.5 Å². The molecule has 0 spiro atoms. The normalized spacial score (nSPS) is 10.4. The summed E-state index contributed by atoms with van der Waals surface area (Å²) in [7, 11) is 1.50. The maximum absolute atomic E-state index is 12.5. The summed E-state index contributed by atoms with van der Waals surface area (Å²) in [5.41, 5.74) is 1.86. The van der Waals surface area contributed by atoms with Crippen molar-refractivity contribution in [1.82, 2.24) is 0 Å². The number of amides is 2. The van der Waals surface area contributed by atoms with E-state index in [1.807, 2.05) is 13.0 Å². The number of nitrogens with one attached hydrogen (secondary N) is 2. The summed E-state index contributed by atoms with van der Waals surface area (Å²) in [5, 5.41) is 17.0. The molecule has 3 aromatic carbocycles. The molecule has 0 aliphatic rings. The first-order valence-electron chi connectivity index (χ1n) is 9.69. The predicted molar refractivity (Wildman–Crippen MR) is 130 cm³/mol. The maximum Gasteiger partial charge on any atom is 0.270 e. The fourth-order valence-electron chi connectivity index (χ4n) is 2.89. The molecule has 0 saturated carbocycles. The Labute approximate surface area is 199 Å². The lowest BCUT2D eigenvalue weighted by Gasteiger charge is -2.12. The Bertz CT molecular complexity index is 1220. The van der Waals surface area contributed by atoms with E-state index in [0.29, 0.717) is 22.1 Å². The van der Waals surface area contributed by atoms with Crippen LogP contribution >= 0.6 is 23.4 Å². The molecule has 3 rings (SSSR count). The van der Waals surface area contributed by atoms with Gasteiger partial charge in [-0.1, -0.05) is 23.7 Å². The van der Waals surface area contributed by atoms with Crippen LogP contribution in [0.3, 0.4) is 0 Å². The highest BCUT2D eigenvalue weighted by Crippen LogP contribution is 2.31. The number of halogens is 1. The van der Waals surface area contributed by atoms with Gasteiger partial charge in [0.1, 0.15) is 5.75 Å². The van der Waals surface area contributed by atoms with Gasteiger partial charge in [0, 0.05) is 39.4 Å². The van der Waals surface area contributed by atoms with Crippen LogP contribution in [0.4, 0.5) is 17.1 Å². The number of benzene rings is 3. The Hall–Kier alpha value is -3.56. The van der Waals surface area contributed by atoms with Gasteiger partial charge in [-0.2, -0.15) is 0 Å². The number of thioether (sulfide) groups is 1. The van der Waals surface area contributed by atoms with Gasteiger partial charge in [-0.25, -0.2) is 0 Å². The zero-order chi connectivity index (χ0) is 24.0. The monoisotopic (exact) mass is 485 g/mol. The van der Waals surface area contributed by atoms with Crippen molar-refractivity contribution < 1.29 is 19.2 Å². The zero-order valence-electron chi connectivity index (χ0n) is 17.8. The molecule has 0 saturated heterocycles. The number of methoxy groups -OCH3 is 1. The van der Waals surface area contributed by atoms with Crippen LogP contribution in [0.5, 0.6) is 5.75 Å². The van der Waals surface area contributed by atoms with E-state index >= 15 is 0 Å². The minimum Gasteiger partial charge on any atom is -0.495 e. The highest BCUT2D eigenvalue weighted by atomic mass is 35.5. The summed E-state index contributed by atoms with van der Waals surface area (Å²) in [6.07, 6.45) is 0. The van der Waals surface area contributed by atoms with Gasteiger partial charge < -0.3 is 15.4 Å². The number of carbonyl (C=O) groups excluding carboxylic acids is 2. The summed E-state index contributed by atoms with van der Waals surface area (Å²) < 4.78 is 5.27. The second-order valence-electron chi connectivity index (χ2n) is 6.93. The molecule has 0 aromatic heterocycles. The summed E-state index contributed by atoms with van der Waals surface area (Å²) in [4.78, 5) is 36.0. The quantitative estimate of drug-likeness (QED) is 0.246. The van der Waals surface area contributed by atoms with Crippen LogP contribution in [0.2, 0.25) is 5.02 Å². The van der Waals surface area contributed by atoms with Crippen molar-refractivity contribution in [1.29, 1.82) is 0 Å². The molecule has 170 valence electrons. The van der Waals surface area contributed by atoms with Crippen molar-refractivity contribution in [3.05, 3.63) is 86.9 Å². The first kappa shape index (κ1) is 24.1. The molecule has 0 atom stereocenters. The fraction of sp³-hybridized carbons (Fsp3) is 0.130. The molecule has 8 nitrogen and oxygen atoms in total. The smallest absolute Gasteiger partial charge is 0.270 e. The van der Waals surface area contributed by atoms with E-state index < -0.39 is 10.8 Å². The topological polar surface area (TPSA) is 111 Å². The van der Waals surface area contributed by atoms with Crippen LogP contribution in [0, 0.1) is 17.0 Å². The predicted octanol–water partition coefficient (Wildman–Crippen LogP) is 5.55. The van der Waals surface area contributed by atoms with Crippen molar-refractivity contribution in [2.45, 2.75) is 11.8 Å². The average Bonchev–Trinajstić information content (AvgIpc) is 2.80. The number of nitrogens with zero attached hydrogens (tertiary/aromatic N) is 1. The lowest BCUT2D eigenvalue weighted by Crippen LogP contribution is -2.15. The number of hydrogen-bond donors (Lipinski definition) is 2. The Morgan fingerprint density at radius 1 is 1.09 bits per heavy atom. The van der Waals surface area contributed by atoms with E-state index in [4.69, 9.17) is 16.3 Å². The molecule has 0 bridgehead atoms. The summed E-state index contributed by atoms with van der Waals surface area (Å²) in [5.74, 6) is -0.0997. The van der Waals surface area contributed by atoms with Crippen LogP contribution in [0.15, 0.2) is 65.6 Å². The molecule has 33 heavy (non-hydrogen) atoms. The van der Waals surface area contributed by atoms with E-state index in [1.165, 1.54) is 43.1 Å². The van der Waals surface area contributed by atoms with Crippen molar-refractivity contribution in [2.75, 3.05) is 23.5 Å². The standard InChI is InChI=1S/C23H20ClN3O5S/c1-14-9-20(21(32-2)12-19(14)24)26-22(28)13-33-18-8-4-6-16(11-18)25-23(29)15-5-3-7-17(10-15)27(30)31/h3-12H,13H2,1-2H3,(H,25,29)(H,26,28). The Kier molecular flexibility index (Phi) is 7.92. The molecule has 0 radical (unpaired) electrons. The summed E-state index contributed by atoms with van der Waals surface area (Å²) in [6.45, 7) is 1.83. The molecule has 3 aromatic rings. The fourth-order valence-corrected chi connectivity index (χ4v) is 3.80. The van der Waals surface area contributed by atoms with E-state index in [2.05, 4.69) is 10.6 Å². The van der Waals surface area contributed by atoms with Crippen LogP contribution in [-0.4, -0.2) is 29.6 Å². The van der Waals surface area contributed by atoms with Gasteiger partial charge in [0.15, 0.2) is 0 Å². The number of anilines is 2. The lowest BCUT2D eigenvalue weighted by molar-refractivity contribution is -0.384. The number of rotatable bonds is 8. The zero-order valence-corrected chi connectivity index (χ0v) is 19.3. The molecule has 0 fully saturated rings. The maximum atomic E-state index is 12.5. The van der Waals surface area contributed by atoms with E-state index in [-0.39, 0.29) is 22.9 Å². The van der Waals surface area contributed by atoms with Crippen LogP contribution in [-0.2, 0) is 4.79 Å². The third-order valence-electron chi connectivity index (χ3n) is 4.54. The van der Waals surface area contributed by atoms with Gasteiger partial charge in [0.25, 0.3) is 11.6 Å². The first-order valence-corrected chi connectivity index (χ1v) is 11.1. The Morgan fingerprint density at radius 2 is 1.85 bits per heavy atom. The summed E-state index contributed by atoms with van der Waals surface area (Å²) in [6, 6.07) is 15.9. The lowest BCUT2D eigenvalue weighted by atomic mass is 10.2. The van der Waals surface area contributed by atoms with Gasteiger partial charge >= 0.3 is 0 Å². The van der Waals surface area contributed by atoms with E-state index in [9.17, 15) is 19.7 Å². The third kappa shape index (κ3) is 6.47. The average molecular weight is 486 g/mol. The molecular weight excluding hydrogens is 466 g/mol. The highest BCUT2D eigenvalue weighted by Gasteiger charge is 2.13. The summed E-state index contributed by atoms with van der Waals surface area (Å²) >= 11 is 7.39. The van der Waals surface area contributed by atoms with Gasteiger partial charge in [-0.3, -0.25) is 19.7 Å². The minimum absolute atomic E-state index is 0.132. The molecule has 0 aliphatic heterocycles. The number of hydrogen-bond acceptors (Lipinski definition) is 6. The van der Waals surface area contributed by atoms with Crippen LogP contribution < -0.4 is 15.4 Å². The van der Waals surface area contributed by atoms with Gasteiger partial charge in [-0.15, -0.1) is 11.8 Å². The first-order chi connectivity index (χ1) is 15.8. The Morgan fingerprint density at radius 3 is 2.58 bits per heavy atom. The molecule has 2 N–H and O–H groups in total. The van der Waals surface area contributed by atoms with Gasteiger partial charge in [0.2, 0.25) is 5.91 Å². The van der Waals surface area contributed by atoms with Crippen molar-refractivity contribution >= 4 is 52.2 Å².